The molecule has 0 fully saturated rings. The normalized spacial score (nSPS) is 15.3. The third-order valence-corrected chi connectivity index (χ3v) is 6.02. The summed E-state index contributed by atoms with van der Waals surface area (Å²) in [5, 5.41) is 12.1. The Morgan fingerprint density at radius 1 is 0.944 bits per heavy atom. The second kappa shape index (κ2) is 10.8. The Morgan fingerprint density at radius 2 is 1.61 bits per heavy atom. The second-order valence-corrected chi connectivity index (χ2v) is 8.30. The van der Waals surface area contributed by atoms with Crippen molar-refractivity contribution in [1.29, 1.82) is 0 Å². The first-order chi connectivity index (χ1) is 17.4. The van der Waals surface area contributed by atoms with Crippen molar-refractivity contribution in [2.75, 3.05) is 7.11 Å². The summed E-state index contributed by atoms with van der Waals surface area (Å²) in [5.74, 6) is -0.913. The van der Waals surface area contributed by atoms with E-state index in [2.05, 4.69) is 5.32 Å². The average Bonchev–Trinajstić information content (AvgIpc) is 2.90. The van der Waals surface area contributed by atoms with E-state index in [4.69, 9.17) is 14.6 Å². The summed E-state index contributed by atoms with van der Waals surface area (Å²) < 4.78 is 10.9. The Kier molecular flexibility index (Phi) is 7.34. The fourth-order valence-electron chi connectivity index (χ4n) is 4.02. The van der Waals surface area contributed by atoms with E-state index in [-0.39, 0.29) is 24.7 Å². The van der Waals surface area contributed by atoms with Gasteiger partial charge in [-0.25, -0.2) is 14.4 Å². The number of methoxy groups -OCH3 is 1. The molecule has 2 N–H and O–H groups in total. The summed E-state index contributed by atoms with van der Waals surface area (Å²) in [4.78, 5) is 39.1. The van der Waals surface area contributed by atoms with Crippen molar-refractivity contribution in [1.82, 2.24) is 10.2 Å². The summed E-state index contributed by atoms with van der Waals surface area (Å²) in [6.45, 7) is 1.96. The van der Waals surface area contributed by atoms with Gasteiger partial charge >= 0.3 is 18.0 Å². The van der Waals surface area contributed by atoms with E-state index in [1.54, 1.807) is 50.4 Å². The van der Waals surface area contributed by atoms with E-state index in [0.717, 1.165) is 11.1 Å². The molecule has 1 aliphatic rings. The number of rotatable bonds is 8. The lowest BCUT2D eigenvalue weighted by atomic mass is 9.94. The van der Waals surface area contributed by atoms with Gasteiger partial charge in [-0.3, -0.25) is 4.90 Å². The Balaban J connectivity index is 1.66. The van der Waals surface area contributed by atoms with Gasteiger partial charge in [0.1, 0.15) is 12.4 Å². The maximum Gasteiger partial charge on any atom is 0.338 e. The molecule has 0 bridgehead atoms. The molecule has 2 amide bonds. The van der Waals surface area contributed by atoms with Crippen molar-refractivity contribution in [2.45, 2.75) is 26.1 Å². The highest BCUT2D eigenvalue weighted by atomic mass is 16.5. The number of hydrogen-bond acceptors (Lipinski definition) is 5. The van der Waals surface area contributed by atoms with E-state index in [1.807, 2.05) is 30.3 Å². The molecule has 8 heteroatoms. The van der Waals surface area contributed by atoms with Crippen molar-refractivity contribution in [3.05, 3.63) is 112 Å². The number of aromatic carboxylic acids is 1. The van der Waals surface area contributed by atoms with Crippen molar-refractivity contribution < 1.29 is 29.0 Å². The van der Waals surface area contributed by atoms with E-state index < -0.39 is 18.0 Å². The lowest BCUT2D eigenvalue weighted by Crippen LogP contribution is -2.47. The van der Waals surface area contributed by atoms with Crippen LogP contribution in [0.15, 0.2) is 90.1 Å². The number of carboxylic acid groups (broad SMARTS) is 1. The number of esters is 1. The van der Waals surface area contributed by atoms with Gasteiger partial charge in [0.2, 0.25) is 0 Å². The lowest BCUT2D eigenvalue weighted by molar-refractivity contribution is -0.141. The van der Waals surface area contributed by atoms with E-state index in [1.165, 1.54) is 17.0 Å². The van der Waals surface area contributed by atoms with Gasteiger partial charge in [-0.15, -0.1) is 0 Å². The molecule has 0 aromatic heterocycles. The van der Waals surface area contributed by atoms with Crippen molar-refractivity contribution in [2.24, 2.45) is 0 Å². The van der Waals surface area contributed by atoms with Crippen molar-refractivity contribution >= 4 is 18.0 Å². The number of benzene rings is 3. The van der Waals surface area contributed by atoms with Crippen LogP contribution in [0, 0.1) is 0 Å². The molecule has 0 saturated carbocycles. The number of carboxylic acids is 1. The highest BCUT2D eigenvalue weighted by Crippen LogP contribution is 2.33. The van der Waals surface area contributed by atoms with Crippen molar-refractivity contribution in [3.63, 3.8) is 0 Å². The number of nitrogens with one attached hydrogen (secondary N) is 1. The summed E-state index contributed by atoms with van der Waals surface area (Å²) in [5.41, 5.74) is 3.20. The SMILES string of the molecule is COc1ccc(C2NC(=O)N(Cc3ccc(C(=O)O)cc3)C(C)=C2C(=O)OCc2ccccc2)cc1. The highest BCUT2D eigenvalue weighted by molar-refractivity contribution is 5.95. The van der Waals surface area contributed by atoms with E-state index in [0.29, 0.717) is 22.6 Å². The van der Waals surface area contributed by atoms with Crippen LogP contribution in [0.3, 0.4) is 0 Å². The van der Waals surface area contributed by atoms with Crippen LogP contribution in [0.4, 0.5) is 4.79 Å². The van der Waals surface area contributed by atoms with Crippen LogP contribution >= 0.6 is 0 Å². The fraction of sp³-hybridized carbons (Fsp3) is 0.179. The van der Waals surface area contributed by atoms with Crippen LogP contribution in [0.2, 0.25) is 0 Å². The van der Waals surface area contributed by atoms with E-state index in [9.17, 15) is 14.4 Å². The lowest BCUT2D eigenvalue weighted by Gasteiger charge is -2.35. The highest BCUT2D eigenvalue weighted by Gasteiger charge is 2.36. The zero-order valence-corrected chi connectivity index (χ0v) is 19.9. The van der Waals surface area contributed by atoms with Crippen molar-refractivity contribution in [3.8, 4) is 5.75 Å². The van der Waals surface area contributed by atoms with Crippen LogP contribution in [0.5, 0.6) is 5.75 Å². The molecule has 8 nitrogen and oxygen atoms in total. The van der Waals surface area contributed by atoms with Crippen LogP contribution in [0.25, 0.3) is 0 Å². The fourth-order valence-corrected chi connectivity index (χ4v) is 4.02. The molecule has 3 aromatic rings. The predicted octanol–water partition coefficient (Wildman–Crippen LogP) is 4.68. The predicted molar refractivity (Wildman–Crippen MR) is 132 cm³/mol. The van der Waals surface area contributed by atoms with Gasteiger partial charge in [-0.2, -0.15) is 0 Å². The van der Waals surface area contributed by atoms with Gasteiger partial charge in [0.25, 0.3) is 0 Å². The molecule has 1 aliphatic heterocycles. The first-order valence-electron chi connectivity index (χ1n) is 11.3. The molecule has 0 spiro atoms. The van der Waals surface area contributed by atoms with Crippen LogP contribution in [0.1, 0.15) is 40.0 Å². The molecule has 0 radical (unpaired) electrons. The Morgan fingerprint density at radius 3 is 2.22 bits per heavy atom. The van der Waals surface area contributed by atoms with E-state index >= 15 is 0 Å². The Bertz CT molecular complexity index is 1280. The number of carbonyl (C=O) groups is 3. The van der Waals surface area contributed by atoms with Gasteiger partial charge in [0.15, 0.2) is 0 Å². The van der Waals surface area contributed by atoms with Gasteiger partial charge < -0.3 is 19.9 Å². The molecule has 0 aliphatic carbocycles. The second-order valence-electron chi connectivity index (χ2n) is 8.30. The number of nitrogens with zero attached hydrogens (tertiary/aromatic N) is 1. The third-order valence-electron chi connectivity index (χ3n) is 6.02. The topological polar surface area (TPSA) is 105 Å². The molecule has 184 valence electrons. The maximum atomic E-state index is 13.4. The van der Waals surface area contributed by atoms with Crippen LogP contribution in [-0.4, -0.2) is 35.1 Å². The number of urea groups is 1. The third kappa shape index (κ3) is 5.38. The smallest absolute Gasteiger partial charge is 0.338 e. The van der Waals surface area contributed by atoms with Crippen LogP contribution in [-0.2, 0) is 22.7 Å². The molecule has 1 atom stereocenters. The summed E-state index contributed by atoms with van der Waals surface area (Å²) >= 11 is 0. The Hall–Kier alpha value is -4.59. The minimum Gasteiger partial charge on any atom is -0.497 e. The maximum absolute atomic E-state index is 13.4. The number of allylic oxidation sites excluding steroid dienone is 1. The standard InChI is InChI=1S/C28H26N2O6/c1-18-24(27(33)36-17-20-6-4-3-5-7-20)25(21-12-14-23(35-2)15-13-21)29-28(34)30(18)16-19-8-10-22(11-9-19)26(31)32/h3-15,25H,16-17H2,1-2H3,(H,29,34)(H,31,32). The molecule has 1 unspecified atom stereocenters. The minimum absolute atomic E-state index is 0.0936. The summed E-state index contributed by atoms with van der Waals surface area (Å²) in [6.07, 6.45) is 0. The molecular formula is C28H26N2O6. The molecule has 0 saturated heterocycles. The molecular weight excluding hydrogens is 460 g/mol. The zero-order valence-electron chi connectivity index (χ0n) is 19.9. The molecule has 3 aromatic carbocycles. The largest absolute Gasteiger partial charge is 0.497 e. The van der Waals surface area contributed by atoms with Gasteiger partial charge in [-0.05, 0) is 47.9 Å². The van der Waals surface area contributed by atoms with Gasteiger partial charge in [0, 0.05) is 5.70 Å². The molecule has 4 rings (SSSR count). The monoisotopic (exact) mass is 486 g/mol. The van der Waals surface area contributed by atoms with Crippen LogP contribution < -0.4 is 10.1 Å². The number of hydrogen-bond donors (Lipinski definition) is 2. The average molecular weight is 487 g/mol. The van der Waals surface area contributed by atoms with Gasteiger partial charge in [-0.1, -0.05) is 54.6 Å². The number of amides is 2. The summed E-state index contributed by atoms with van der Waals surface area (Å²) in [7, 11) is 1.56. The zero-order chi connectivity index (χ0) is 25.7. The number of carbonyl (C=O) groups excluding carboxylic acids is 2. The Labute approximate surface area is 208 Å². The minimum atomic E-state index is -1.03. The summed E-state index contributed by atoms with van der Waals surface area (Å²) in [6, 6.07) is 21.6. The first-order valence-corrected chi connectivity index (χ1v) is 11.3. The molecule has 36 heavy (non-hydrogen) atoms. The first kappa shape index (κ1) is 24.5. The van der Waals surface area contributed by atoms with Gasteiger partial charge in [0.05, 0.1) is 30.8 Å². The quantitative estimate of drug-likeness (QED) is 0.448. The number of ether oxygens (including phenoxy) is 2. The molecule has 1 heterocycles.